The standard InChI is InChI=1S/C17H29N3O/c1-4-20(5-2)17-8-6-15(7-9-17)19-14(3)12-16-13-21-11-10-18-16/h6-9,14,16,18-19H,4-5,10-13H2,1-3H3. The van der Waals surface area contributed by atoms with Crippen molar-refractivity contribution in [3.05, 3.63) is 24.3 Å². The minimum atomic E-state index is 0.434. The van der Waals surface area contributed by atoms with Gasteiger partial charge in [0.2, 0.25) is 0 Å². The van der Waals surface area contributed by atoms with Gasteiger partial charge >= 0.3 is 0 Å². The predicted octanol–water partition coefficient (Wildman–Crippen LogP) is 2.71. The van der Waals surface area contributed by atoms with Crippen LogP contribution in [-0.4, -0.2) is 44.9 Å². The van der Waals surface area contributed by atoms with Crippen molar-refractivity contribution in [3.63, 3.8) is 0 Å². The van der Waals surface area contributed by atoms with Crippen molar-refractivity contribution in [1.29, 1.82) is 0 Å². The molecule has 1 fully saturated rings. The van der Waals surface area contributed by atoms with Gasteiger partial charge in [0.05, 0.1) is 13.2 Å². The van der Waals surface area contributed by atoms with Crippen LogP contribution in [-0.2, 0) is 4.74 Å². The molecule has 1 aliphatic heterocycles. The molecule has 2 atom stereocenters. The van der Waals surface area contributed by atoms with Crippen molar-refractivity contribution in [3.8, 4) is 0 Å². The normalized spacial score (nSPS) is 20.0. The number of nitrogens with zero attached hydrogens (tertiary/aromatic N) is 1. The van der Waals surface area contributed by atoms with E-state index in [0.717, 1.165) is 39.3 Å². The van der Waals surface area contributed by atoms with Gasteiger partial charge in [0.1, 0.15) is 0 Å². The fourth-order valence-corrected chi connectivity index (χ4v) is 2.90. The summed E-state index contributed by atoms with van der Waals surface area (Å²) in [4.78, 5) is 2.36. The van der Waals surface area contributed by atoms with Crippen molar-refractivity contribution in [1.82, 2.24) is 5.32 Å². The highest BCUT2D eigenvalue weighted by Gasteiger charge is 2.16. The number of hydrogen-bond donors (Lipinski definition) is 2. The molecule has 1 heterocycles. The summed E-state index contributed by atoms with van der Waals surface area (Å²) in [6.07, 6.45) is 1.08. The Labute approximate surface area is 128 Å². The lowest BCUT2D eigenvalue weighted by atomic mass is 10.1. The zero-order valence-corrected chi connectivity index (χ0v) is 13.6. The lowest BCUT2D eigenvalue weighted by Gasteiger charge is -2.27. The molecule has 118 valence electrons. The summed E-state index contributed by atoms with van der Waals surface area (Å²) in [5, 5.41) is 7.08. The topological polar surface area (TPSA) is 36.5 Å². The summed E-state index contributed by atoms with van der Waals surface area (Å²) in [6.45, 7) is 11.3. The molecule has 2 N–H and O–H groups in total. The molecule has 4 nitrogen and oxygen atoms in total. The van der Waals surface area contributed by atoms with Gasteiger partial charge in [-0.15, -0.1) is 0 Å². The summed E-state index contributed by atoms with van der Waals surface area (Å²) in [5.74, 6) is 0. The van der Waals surface area contributed by atoms with E-state index in [1.54, 1.807) is 0 Å². The molecule has 2 unspecified atom stereocenters. The van der Waals surface area contributed by atoms with E-state index in [9.17, 15) is 0 Å². The molecule has 0 spiro atoms. The van der Waals surface area contributed by atoms with Gasteiger partial charge < -0.3 is 20.3 Å². The maximum absolute atomic E-state index is 5.50. The van der Waals surface area contributed by atoms with Crippen LogP contribution in [0.15, 0.2) is 24.3 Å². The van der Waals surface area contributed by atoms with Gasteiger partial charge in [-0.1, -0.05) is 0 Å². The Morgan fingerprint density at radius 1 is 1.29 bits per heavy atom. The highest BCUT2D eigenvalue weighted by atomic mass is 16.5. The van der Waals surface area contributed by atoms with Crippen LogP contribution in [0.4, 0.5) is 11.4 Å². The van der Waals surface area contributed by atoms with Gasteiger partial charge in [0.25, 0.3) is 0 Å². The zero-order chi connectivity index (χ0) is 15.1. The van der Waals surface area contributed by atoms with Gasteiger partial charge in [-0.05, 0) is 51.5 Å². The summed E-state index contributed by atoms with van der Waals surface area (Å²) < 4.78 is 5.50. The average Bonchev–Trinajstić information content (AvgIpc) is 2.51. The molecule has 21 heavy (non-hydrogen) atoms. The van der Waals surface area contributed by atoms with E-state index in [1.165, 1.54) is 11.4 Å². The maximum Gasteiger partial charge on any atom is 0.0621 e. The predicted molar refractivity (Wildman–Crippen MR) is 90.3 cm³/mol. The first kappa shape index (κ1) is 16.1. The molecule has 0 aliphatic carbocycles. The van der Waals surface area contributed by atoms with Crippen LogP contribution >= 0.6 is 0 Å². The van der Waals surface area contributed by atoms with Crippen molar-refractivity contribution in [2.75, 3.05) is 43.1 Å². The van der Waals surface area contributed by atoms with Crippen LogP contribution in [0.1, 0.15) is 27.2 Å². The quantitative estimate of drug-likeness (QED) is 0.810. The summed E-state index contributed by atoms with van der Waals surface area (Å²) in [6, 6.07) is 9.65. The molecule has 0 radical (unpaired) electrons. The number of rotatable bonds is 7. The molecule has 0 bridgehead atoms. The number of nitrogens with one attached hydrogen (secondary N) is 2. The van der Waals surface area contributed by atoms with Crippen LogP contribution in [0.3, 0.4) is 0 Å². The third kappa shape index (κ3) is 4.90. The van der Waals surface area contributed by atoms with Crippen LogP contribution in [0.2, 0.25) is 0 Å². The molecule has 1 aromatic rings. The van der Waals surface area contributed by atoms with Crippen LogP contribution in [0.25, 0.3) is 0 Å². The van der Waals surface area contributed by atoms with E-state index in [4.69, 9.17) is 4.74 Å². The first-order chi connectivity index (χ1) is 10.2. The maximum atomic E-state index is 5.50. The minimum Gasteiger partial charge on any atom is -0.383 e. The highest BCUT2D eigenvalue weighted by Crippen LogP contribution is 2.19. The molecule has 4 heteroatoms. The first-order valence-electron chi connectivity index (χ1n) is 8.15. The molecular weight excluding hydrogens is 262 g/mol. The molecule has 0 aromatic heterocycles. The summed E-state index contributed by atoms with van der Waals surface area (Å²) >= 11 is 0. The second-order valence-corrected chi connectivity index (χ2v) is 5.73. The van der Waals surface area contributed by atoms with E-state index < -0.39 is 0 Å². The van der Waals surface area contributed by atoms with Crippen LogP contribution in [0, 0.1) is 0 Å². The Morgan fingerprint density at radius 2 is 2.00 bits per heavy atom. The number of anilines is 2. The van der Waals surface area contributed by atoms with Gasteiger partial charge in [-0.3, -0.25) is 0 Å². The zero-order valence-electron chi connectivity index (χ0n) is 13.6. The number of benzene rings is 1. The van der Waals surface area contributed by atoms with Crippen molar-refractivity contribution in [2.45, 2.75) is 39.3 Å². The first-order valence-corrected chi connectivity index (χ1v) is 8.15. The summed E-state index contributed by atoms with van der Waals surface area (Å²) in [5.41, 5.74) is 2.48. The molecule has 0 saturated carbocycles. The Balaban J connectivity index is 1.84. The second-order valence-electron chi connectivity index (χ2n) is 5.73. The third-order valence-electron chi connectivity index (χ3n) is 4.05. The fourth-order valence-electron chi connectivity index (χ4n) is 2.90. The second kappa shape index (κ2) is 8.25. The number of morpholine rings is 1. The molecule has 0 amide bonds. The van der Waals surface area contributed by atoms with Gasteiger partial charge in [0.15, 0.2) is 0 Å². The van der Waals surface area contributed by atoms with E-state index in [-0.39, 0.29) is 0 Å². The number of hydrogen-bond acceptors (Lipinski definition) is 4. The monoisotopic (exact) mass is 291 g/mol. The van der Waals surface area contributed by atoms with Crippen LogP contribution in [0.5, 0.6) is 0 Å². The van der Waals surface area contributed by atoms with E-state index in [0.29, 0.717) is 12.1 Å². The van der Waals surface area contributed by atoms with E-state index in [2.05, 4.69) is 60.6 Å². The third-order valence-corrected chi connectivity index (χ3v) is 4.05. The molecule has 1 aliphatic rings. The van der Waals surface area contributed by atoms with Crippen molar-refractivity contribution >= 4 is 11.4 Å². The van der Waals surface area contributed by atoms with Crippen LogP contribution < -0.4 is 15.5 Å². The summed E-state index contributed by atoms with van der Waals surface area (Å²) in [7, 11) is 0. The molecule has 1 aromatic carbocycles. The Morgan fingerprint density at radius 3 is 2.57 bits per heavy atom. The van der Waals surface area contributed by atoms with Gasteiger partial charge in [-0.2, -0.15) is 0 Å². The van der Waals surface area contributed by atoms with Gasteiger partial charge in [-0.25, -0.2) is 0 Å². The Kier molecular flexibility index (Phi) is 6.33. The molecule has 2 rings (SSSR count). The smallest absolute Gasteiger partial charge is 0.0621 e. The minimum absolute atomic E-state index is 0.434. The van der Waals surface area contributed by atoms with E-state index >= 15 is 0 Å². The molecule has 1 saturated heterocycles. The Bertz CT molecular complexity index is 397. The lowest BCUT2D eigenvalue weighted by Crippen LogP contribution is -2.43. The molecular formula is C17H29N3O. The van der Waals surface area contributed by atoms with Crippen molar-refractivity contribution in [2.24, 2.45) is 0 Å². The Hall–Kier alpha value is -1.26. The lowest BCUT2D eigenvalue weighted by molar-refractivity contribution is 0.0731. The SMILES string of the molecule is CCN(CC)c1ccc(NC(C)CC2COCCN2)cc1. The number of ether oxygens (including phenoxy) is 1. The highest BCUT2D eigenvalue weighted by molar-refractivity contribution is 5.55. The van der Waals surface area contributed by atoms with Gasteiger partial charge in [0, 0.05) is 43.1 Å². The fraction of sp³-hybridized carbons (Fsp3) is 0.647. The van der Waals surface area contributed by atoms with Crippen molar-refractivity contribution < 1.29 is 4.74 Å². The average molecular weight is 291 g/mol. The largest absolute Gasteiger partial charge is 0.383 e. The van der Waals surface area contributed by atoms with E-state index in [1.807, 2.05) is 0 Å².